The van der Waals surface area contributed by atoms with E-state index in [-0.39, 0.29) is 0 Å². The van der Waals surface area contributed by atoms with Gasteiger partial charge in [0.05, 0.1) is 23.1 Å². The van der Waals surface area contributed by atoms with Crippen LogP contribution in [0.15, 0.2) is 35.8 Å². The maximum absolute atomic E-state index is 13.1. The summed E-state index contributed by atoms with van der Waals surface area (Å²) in [5.74, 6) is 0. The van der Waals surface area contributed by atoms with E-state index in [2.05, 4.69) is 15.2 Å². The summed E-state index contributed by atoms with van der Waals surface area (Å²) in [7, 11) is -3.54. The topological polar surface area (TPSA) is 85.4 Å². The summed E-state index contributed by atoms with van der Waals surface area (Å²) in [6, 6.07) is 1.88. The normalized spacial score (nSPS) is 18.0. The molecule has 0 saturated carbocycles. The molecule has 0 N–H and O–H groups in total. The summed E-state index contributed by atoms with van der Waals surface area (Å²) >= 11 is 6.39. The van der Waals surface area contributed by atoms with Crippen molar-refractivity contribution >= 4 is 32.8 Å². The number of aryl methyl sites for hydroxylation is 1. The molecule has 3 aromatic rings. The predicted octanol–water partition coefficient (Wildman–Crippen LogP) is 2.00. The van der Waals surface area contributed by atoms with Crippen LogP contribution in [0.25, 0.3) is 11.2 Å². The zero-order chi connectivity index (χ0) is 18.6. The van der Waals surface area contributed by atoms with Crippen molar-refractivity contribution in [2.24, 2.45) is 0 Å². The molecule has 2 aliphatic heterocycles. The zero-order valence-corrected chi connectivity index (χ0v) is 16.0. The standard InChI is InChI=1S/C17H17ClN6O2S/c18-14-10-24-17(19-11-21-24)8-13(14)12-3-6-22(7-4-12)27(25,26)16-9-20-23-5-1-2-15(16)23/h3,8-11H,1-2,4-7H2. The molecule has 140 valence electrons. The summed E-state index contributed by atoms with van der Waals surface area (Å²) in [5.41, 5.74) is 3.43. The quantitative estimate of drug-likeness (QED) is 0.666. The smallest absolute Gasteiger partial charge is 0.246 e. The van der Waals surface area contributed by atoms with E-state index >= 15 is 0 Å². The molecule has 27 heavy (non-hydrogen) atoms. The lowest BCUT2D eigenvalue weighted by Gasteiger charge is -2.26. The molecule has 0 radical (unpaired) electrons. The largest absolute Gasteiger partial charge is 0.268 e. The number of aromatic nitrogens is 5. The summed E-state index contributed by atoms with van der Waals surface area (Å²) in [4.78, 5) is 4.53. The van der Waals surface area contributed by atoms with Crippen LogP contribution in [0.5, 0.6) is 0 Å². The van der Waals surface area contributed by atoms with E-state index < -0.39 is 10.0 Å². The van der Waals surface area contributed by atoms with Crippen molar-refractivity contribution in [3.8, 4) is 0 Å². The Balaban J connectivity index is 1.44. The van der Waals surface area contributed by atoms with Crippen LogP contribution in [0.3, 0.4) is 0 Å². The van der Waals surface area contributed by atoms with Crippen LogP contribution in [0.2, 0.25) is 5.02 Å². The number of fused-ring (bicyclic) bond motifs is 2. The van der Waals surface area contributed by atoms with Crippen molar-refractivity contribution in [1.82, 2.24) is 28.7 Å². The number of pyridine rings is 1. The van der Waals surface area contributed by atoms with E-state index in [1.807, 2.05) is 12.1 Å². The van der Waals surface area contributed by atoms with Gasteiger partial charge < -0.3 is 0 Å². The van der Waals surface area contributed by atoms with Gasteiger partial charge in [-0.3, -0.25) is 4.68 Å². The first kappa shape index (κ1) is 16.9. The van der Waals surface area contributed by atoms with Crippen molar-refractivity contribution in [1.29, 1.82) is 0 Å². The minimum Gasteiger partial charge on any atom is -0.268 e. The fraction of sp³-hybridized carbons (Fsp3) is 0.353. The first-order chi connectivity index (χ1) is 13.0. The zero-order valence-electron chi connectivity index (χ0n) is 14.4. The average molecular weight is 405 g/mol. The van der Waals surface area contributed by atoms with Gasteiger partial charge in [0, 0.05) is 25.2 Å². The fourth-order valence-corrected chi connectivity index (χ4v) is 5.62. The van der Waals surface area contributed by atoms with Gasteiger partial charge in [-0.15, -0.1) is 0 Å². The Morgan fingerprint density at radius 1 is 1.15 bits per heavy atom. The highest BCUT2D eigenvalue weighted by Gasteiger charge is 2.32. The predicted molar refractivity (Wildman–Crippen MR) is 99.9 cm³/mol. The van der Waals surface area contributed by atoms with E-state index in [9.17, 15) is 8.42 Å². The maximum Gasteiger partial charge on any atom is 0.246 e. The van der Waals surface area contributed by atoms with Gasteiger partial charge in [0.1, 0.15) is 11.2 Å². The molecule has 0 spiro atoms. The lowest BCUT2D eigenvalue weighted by Crippen LogP contribution is -2.35. The van der Waals surface area contributed by atoms with Crippen LogP contribution in [0, 0.1) is 0 Å². The number of sulfonamides is 1. The Kier molecular flexibility index (Phi) is 3.85. The van der Waals surface area contributed by atoms with Gasteiger partial charge in [-0.2, -0.15) is 14.5 Å². The van der Waals surface area contributed by atoms with Crippen LogP contribution in [0.1, 0.15) is 24.1 Å². The number of nitrogens with zero attached hydrogens (tertiary/aromatic N) is 6. The molecular formula is C17H17ClN6O2S. The second-order valence-corrected chi connectivity index (χ2v) is 9.04. The number of hydrogen-bond acceptors (Lipinski definition) is 5. The Labute approximate surface area is 161 Å². The van der Waals surface area contributed by atoms with Crippen molar-refractivity contribution in [3.05, 3.63) is 47.1 Å². The van der Waals surface area contributed by atoms with E-state index in [0.717, 1.165) is 36.2 Å². The fourth-order valence-electron chi connectivity index (χ4n) is 3.79. The van der Waals surface area contributed by atoms with E-state index in [1.165, 1.54) is 16.8 Å². The number of halogens is 1. The molecule has 0 aliphatic carbocycles. The van der Waals surface area contributed by atoms with Gasteiger partial charge in [-0.1, -0.05) is 17.7 Å². The molecule has 0 fully saturated rings. The molecule has 5 rings (SSSR count). The van der Waals surface area contributed by atoms with E-state index in [1.54, 1.807) is 15.4 Å². The molecule has 0 atom stereocenters. The van der Waals surface area contributed by atoms with Crippen molar-refractivity contribution < 1.29 is 8.42 Å². The second kappa shape index (κ2) is 6.15. The van der Waals surface area contributed by atoms with Crippen LogP contribution in [-0.2, 0) is 23.0 Å². The molecule has 8 nitrogen and oxygen atoms in total. The first-order valence-electron chi connectivity index (χ1n) is 8.77. The monoisotopic (exact) mass is 404 g/mol. The molecule has 0 unspecified atom stereocenters. The Morgan fingerprint density at radius 2 is 2.04 bits per heavy atom. The van der Waals surface area contributed by atoms with Crippen molar-refractivity contribution in [2.75, 3.05) is 13.1 Å². The molecule has 5 heterocycles. The lowest BCUT2D eigenvalue weighted by atomic mass is 10.0. The molecule has 10 heteroatoms. The Morgan fingerprint density at radius 3 is 2.85 bits per heavy atom. The van der Waals surface area contributed by atoms with Gasteiger partial charge in [-0.25, -0.2) is 17.9 Å². The van der Waals surface area contributed by atoms with Crippen LogP contribution in [0.4, 0.5) is 0 Å². The molecule has 2 aliphatic rings. The second-order valence-electron chi connectivity index (χ2n) is 6.72. The average Bonchev–Trinajstić information content (AvgIpc) is 3.37. The van der Waals surface area contributed by atoms with Crippen LogP contribution in [-0.4, -0.2) is 50.2 Å². The van der Waals surface area contributed by atoms with Gasteiger partial charge in [0.15, 0.2) is 5.65 Å². The third-order valence-electron chi connectivity index (χ3n) is 5.20. The summed E-state index contributed by atoms with van der Waals surface area (Å²) in [5, 5.41) is 8.87. The lowest BCUT2D eigenvalue weighted by molar-refractivity contribution is 0.440. The Hall–Kier alpha value is -2.23. The molecule has 0 bridgehead atoms. The number of rotatable bonds is 3. The molecule has 0 amide bonds. The molecular weight excluding hydrogens is 388 g/mol. The van der Waals surface area contributed by atoms with Crippen molar-refractivity contribution in [2.45, 2.75) is 30.7 Å². The van der Waals surface area contributed by atoms with Gasteiger partial charge in [-0.05, 0) is 30.9 Å². The first-order valence-corrected chi connectivity index (χ1v) is 10.6. The third kappa shape index (κ3) is 2.69. The summed E-state index contributed by atoms with van der Waals surface area (Å²) in [6.45, 7) is 1.52. The summed E-state index contributed by atoms with van der Waals surface area (Å²) < 4.78 is 31.0. The van der Waals surface area contributed by atoms with Gasteiger partial charge in [0.25, 0.3) is 0 Å². The van der Waals surface area contributed by atoms with Gasteiger partial charge >= 0.3 is 0 Å². The highest BCUT2D eigenvalue weighted by atomic mass is 35.5. The molecule has 3 aromatic heterocycles. The SMILES string of the molecule is O=S(=O)(c1cnn2c1CCC2)N1CC=C(c2cc3ncnn3cc2Cl)CC1. The van der Waals surface area contributed by atoms with Crippen molar-refractivity contribution in [3.63, 3.8) is 0 Å². The van der Waals surface area contributed by atoms with E-state index in [0.29, 0.717) is 35.1 Å². The molecule has 0 aromatic carbocycles. The minimum absolute atomic E-state index is 0.316. The minimum atomic E-state index is -3.54. The molecule has 0 saturated heterocycles. The van der Waals surface area contributed by atoms with Gasteiger partial charge in [0.2, 0.25) is 10.0 Å². The van der Waals surface area contributed by atoms with E-state index in [4.69, 9.17) is 11.6 Å². The number of hydrogen-bond donors (Lipinski definition) is 0. The highest BCUT2D eigenvalue weighted by Crippen LogP contribution is 2.32. The van der Waals surface area contributed by atoms with Crippen LogP contribution < -0.4 is 0 Å². The third-order valence-corrected chi connectivity index (χ3v) is 7.41. The maximum atomic E-state index is 13.1. The van der Waals surface area contributed by atoms with Crippen LogP contribution >= 0.6 is 11.6 Å². The summed E-state index contributed by atoms with van der Waals surface area (Å²) in [6.07, 6.45) is 8.91. The Bertz CT molecular complexity index is 1180. The highest BCUT2D eigenvalue weighted by molar-refractivity contribution is 7.89.